The van der Waals surface area contributed by atoms with Crippen LogP contribution in [0, 0.1) is 6.92 Å². The van der Waals surface area contributed by atoms with Crippen molar-refractivity contribution >= 4 is 40.9 Å². The molecular formula is C26H23ClN2O3S. The van der Waals surface area contributed by atoms with Crippen LogP contribution in [0.15, 0.2) is 66.7 Å². The number of aryl methyl sites for hydroxylation is 1. The number of carbonyl (C=O) groups excluding carboxylic acids is 2. The van der Waals surface area contributed by atoms with Gasteiger partial charge in [-0.15, -0.1) is 11.8 Å². The Balaban J connectivity index is 1.58. The first-order valence-corrected chi connectivity index (χ1v) is 12.1. The van der Waals surface area contributed by atoms with E-state index in [1.165, 1.54) is 11.8 Å². The summed E-state index contributed by atoms with van der Waals surface area (Å²) in [7, 11) is 1.63. The van der Waals surface area contributed by atoms with Gasteiger partial charge in [0.2, 0.25) is 0 Å². The summed E-state index contributed by atoms with van der Waals surface area (Å²) >= 11 is 7.55. The number of ether oxygens (including phenoxy) is 1. The molecule has 5 rings (SSSR count). The molecule has 0 aromatic heterocycles. The highest BCUT2D eigenvalue weighted by Crippen LogP contribution is 2.55. The Labute approximate surface area is 202 Å². The van der Waals surface area contributed by atoms with E-state index in [-0.39, 0.29) is 11.8 Å². The van der Waals surface area contributed by atoms with Crippen molar-refractivity contribution in [3.8, 4) is 5.75 Å². The van der Waals surface area contributed by atoms with Gasteiger partial charge >= 0.3 is 0 Å². The maximum atomic E-state index is 14.1. The second-order valence-corrected chi connectivity index (χ2v) is 9.94. The molecule has 33 heavy (non-hydrogen) atoms. The van der Waals surface area contributed by atoms with Gasteiger partial charge in [-0.05, 0) is 55.0 Å². The molecule has 1 fully saturated rings. The predicted molar refractivity (Wildman–Crippen MR) is 132 cm³/mol. The third-order valence-electron chi connectivity index (χ3n) is 6.16. The second-order valence-electron chi connectivity index (χ2n) is 8.22. The van der Waals surface area contributed by atoms with Gasteiger partial charge in [0.1, 0.15) is 5.75 Å². The van der Waals surface area contributed by atoms with Gasteiger partial charge in [0.15, 0.2) is 4.87 Å². The van der Waals surface area contributed by atoms with Crippen molar-refractivity contribution in [3.63, 3.8) is 0 Å². The number of hydrogen-bond acceptors (Lipinski definition) is 4. The zero-order valence-corrected chi connectivity index (χ0v) is 19.9. The van der Waals surface area contributed by atoms with E-state index >= 15 is 0 Å². The molecule has 5 nitrogen and oxygen atoms in total. The molecule has 1 spiro atoms. The molecule has 2 aliphatic rings. The Morgan fingerprint density at radius 3 is 2.67 bits per heavy atom. The Morgan fingerprint density at radius 1 is 1.12 bits per heavy atom. The lowest BCUT2D eigenvalue weighted by atomic mass is 10.0. The van der Waals surface area contributed by atoms with E-state index in [2.05, 4.69) is 0 Å². The average Bonchev–Trinajstić information content (AvgIpc) is 3.36. The molecule has 0 radical (unpaired) electrons. The zero-order chi connectivity index (χ0) is 23.2. The first-order chi connectivity index (χ1) is 15.9. The number of thioether (sulfide) groups is 1. The van der Waals surface area contributed by atoms with E-state index in [9.17, 15) is 9.59 Å². The fourth-order valence-corrected chi connectivity index (χ4v) is 6.17. The van der Waals surface area contributed by atoms with Crippen LogP contribution in [-0.4, -0.2) is 36.1 Å². The number of anilines is 1. The zero-order valence-electron chi connectivity index (χ0n) is 18.4. The minimum atomic E-state index is -1.07. The second kappa shape index (κ2) is 8.43. The monoisotopic (exact) mass is 478 g/mol. The molecule has 0 bridgehead atoms. The van der Waals surface area contributed by atoms with Crippen molar-refractivity contribution in [1.29, 1.82) is 0 Å². The van der Waals surface area contributed by atoms with Crippen LogP contribution < -0.4 is 9.64 Å². The first-order valence-electron chi connectivity index (χ1n) is 10.7. The van der Waals surface area contributed by atoms with Gasteiger partial charge in [0.05, 0.1) is 19.3 Å². The molecule has 168 valence electrons. The lowest BCUT2D eigenvalue weighted by Gasteiger charge is -2.33. The van der Waals surface area contributed by atoms with E-state index in [1.54, 1.807) is 41.2 Å². The van der Waals surface area contributed by atoms with Crippen LogP contribution in [0.4, 0.5) is 5.69 Å². The third kappa shape index (κ3) is 3.58. The summed E-state index contributed by atoms with van der Waals surface area (Å²) < 4.78 is 5.36. The van der Waals surface area contributed by atoms with Crippen molar-refractivity contribution in [1.82, 2.24) is 4.90 Å². The molecule has 0 aliphatic carbocycles. The summed E-state index contributed by atoms with van der Waals surface area (Å²) in [5, 5.41) is 0.569. The average molecular weight is 479 g/mol. The summed E-state index contributed by atoms with van der Waals surface area (Å²) in [4.78, 5) is 30.2. The third-order valence-corrected chi connectivity index (χ3v) is 7.83. The van der Waals surface area contributed by atoms with E-state index in [1.807, 2.05) is 49.4 Å². The summed E-state index contributed by atoms with van der Waals surface area (Å²) in [6.45, 7) is 2.91. The van der Waals surface area contributed by atoms with Gasteiger partial charge in [-0.1, -0.05) is 41.4 Å². The number of carbonyl (C=O) groups is 2. The molecule has 0 saturated carbocycles. The van der Waals surface area contributed by atoms with Crippen molar-refractivity contribution in [3.05, 3.63) is 94.0 Å². The molecule has 1 atom stereocenters. The number of benzene rings is 3. The van der Waals surface area contributed by atoms with E-state index < -0.39 is 4.87 Å². The molecule has 0 N–H and O–H groups in total. The molecule has 2 amide bonds. The number of halogens is 1. The molecule has 2 heterocycles. The molecule has 1 saturated heterocycles. The van der Waals surface area contributed by atoms with Crippen LogP contribution in [0.5, 0.6) is 5.75 Å². The fourth-order valence-electron chi connectivity index (χ4n) is 4.59. The van der Waals surface area contributed by atoms with Crippen LogP contribution in [0.3, 0.4) is 0 Å². The molecule has 0 unspecified atom stereocenters. The number of rotatable bonds is 4. The van der Waals surface area contributed by atoms with Crippen LogP contribution in [0.1, 0.15) is 27.0 Å². The van der Waals surface area contributed by atoms with Gasteiger partial charge in [-0.25, -0.2) is 0 Å². The highest BCUT2D eigenvalue weighted by molar-refractivity contribution is 8.01. The predicted octanol–water partition coefficient (Wildman–Crippen LogP) is 5.25. The van der Waals surface area contributed by atoms with Crippen LogP contribution in [0.25, 0.3) is 0 Å². The minimum Gasteiger partial charge on any atom is -0.497 e. The maximum absolute atomic E-state index is 14.1. The first kappa shape index (κ1) is 21.9. The number of fused-ring (bicyclic) bond motifs is 2. The minimum absolute atomic E-state index is 0.0873. The number of amides is 2. The van der Waals surface area contributed by atoms with Gasteiger partial charge < -0.3 is 14.5 Å². The fraction of sp³-hybridized carbons (Fsp3) is 0.231. The number of methoxy groups -OCH3 is 1. The Kier molecular flexibility index (Phi) is 5.59. The molecular weight excluding hydrogens is 456 g/mol. The summed E-state index contributed by atoms with van der Waals surface area (Å²) in [5.74, 6) is 1.18. The quantitative estimate of drug-likeness (QED) is 0.514. The largest absolute Gasteiger partial charge is 0.497 e. The Morgan fingerprint density at radius 2 is 1.91 bits per heavy atom. The maximum Gasteiger partial charge on any atom is 0.268 e. The van der Waals surface area contributed by atoms with Crippen LogP contribution in [0.2, 0.25) is 5.02 Å². The van der Waals surface area contributed by atoms with Crippen LogP contribution >= 0.6 is 23.4 Å². The molecule has 7 heteroatoms. The van der Waals surface area contributed by atoms with Crippen molar-refractivity contribution in [2.75, 3.05) is 24.3 Å². The number of hydrogen-bond donors (Lipinski definition) is 0. The summed E-state index contributed by atoms with van der Waals surface area (Å²) in [5.41, 5.74) is 4.26. The van der Waals surface area contributed by atoms with Crippen molar-refractivity contribution in [2.24, 2.45) is 0 Å². The summed E-state index contributed by atoms with van der Waals surface area (Å²) in [6.07, 6.45) is 0. The molecule has 2 aliphatic heterocycles. The van der Waals surface area contributed by atoms with Gasteiger partial charge in [-0.3, -0.25) is 9.59 Å². The summed E-state index contributed by atoms with van der Waals surface area (Å²) in [6, 6.07) is 20.6. The normalized spacial score (nSPS) is 19.3. The van der Waals surface area contributed by atoms with Crippen molar-refractivity contribution < 1.29 is 14.3 Å². The highest BCUT2D eigenvalue weighted by atomic mass is 35.5. The van der Waals surface area contributed by atoms with Gasteiger partial charge in [-0.2, -0.15) is 0 Å². The lowest BCUT2D eigenvalue weighted by Crippen LogP contribution is -2.50. The molecule has 3 aromatic carbocycles. The van der Waals surface area contributed by atoms with Crippen LogP contribution in [-0.2, 0) is 16.2 Å². The SMILES string of the molecule is COc1cccc(CN2C(=O)[C@@]3(SCCN3C(=O)c3ccc(Cl)cc3)c3cc(C)ccc32)c1. The smallest absolute Gasteiger partial charge is 0.268 e. The van der Waals surface area contributed by atoms with E-state index in [4.69, 9.17) is 16.3 Å². The lowest BCUT2D eigenvalue weighted by molar-refractivity contribution is -0.123. The van der Waals surface area contributed by atoms with Gasteiger partial charge in [0, 0.05) is 28.4 Å². The Hall–Kier alpha value is -2.96. The van der Waals surface area contributed by atoms with E-state index in [0.717, 1.165) is 28.1 Å². The standard InChI is InChI=1S/C26H23ClN2O3S/c1-17-6-11-23-22(14-17)26(25(31)28(23)16-18-4-3-5-21(15-18)32-2)29(12-13-33-26)24(30)19-7-9-20(27)10-8-19/h3-11,14-15H,12-13,16H2,1-2H3/t26-/m0/s1. The topological polar surface area (TPSA) is 49.9 Å². The van der Waals surface area contributed by atoms with E-state index in [0.29, 0.717) is 29.4 Å². The van der Waals surface area contributed by atoms with Gasteiger partial charge in [0.25, 0.3) is 11.8 Å². The number of nitrogens with zero attached hydrogens (tertiary/aromatic N) is 2. The Bertz CT molecular complexity index is 1250. The highest BCUT2D eigenvalue weighted by Gasteiger charge is 2.59. The van der Waals surface area contributed by atoms with Crippen molar-refractivity contribution in [2.45, 2.75) is 18.3 Å². The molecule has 3 aromatic rings.